The molecule has 2 aromatic rings. The monoisotopic (exact) mass is 260 g/mol. The van der Waals surface area contributed by atoms with Crippen LogP contribution in [-0.4, -0.2) is 18.1 Å². The molecule has 18 heavy (non-hydrogen) atoms. The molecule has 0 saturated carbocycles. The first-order chi connectivity index (χ1) is 8.90. The molecule has 0 bridgehead atoms. The molecule has 1 aromatic carbocycles. The first-order valence-electron chi connectivity index (χ1n) is 6.53. The van der Waals surface area contributed by atoms with Crippen LogP contribution in [-0.2, 0) is 6.42 Å². The number of nitrogens with zero attached hydrogens (tertiary/aromatic N) is 1. The van der Waals surface area contributed by atoms with Gasteiger partial charge < -0.3 is 5.32 Å². The maximum Gasteiger partial charge on any atom is 0.0794 e. The molecule has 96 valence electrons. The zero-order valence-corrected chi connectivity index (χ0v) is 11.6. The predicted molar refractivity (Wildman–Crippen MR) is 78.2 cm³/mol. The highest BCUT2D eigenvalue weighted by atomic mass is 32.1. The Morgan fingerprint density at radius 3 is 2.78 bits per heavy atom. The molecule has 0 spiro atoms. The third-order valence-corrected chi connectivity index (χ3v) is 3.66. The Kier molecular flexibility index (Phi) is 5.36. The van der Waals surface area contributed by atoms with E-state index in [0.29, 0.717) is 5.92 Å². The fourth-order valence-corrected chi connectivity index (χ4v) is 2.65. The molecule has 1 heterocycles. The summed E-state index contributed by atoms with van der Waals surface area (Å²) in [6.45, 7) is 4.31. The van der Waals surface area contributed by atoms with Gasteiger partial charge in [-0.15, -0.1) is 11.3 Å². The standard InChI is InChI=1S/C15H20N2S/c1-2-8-16-10-14(9-15-11-18-12-17-15)13-6-4-3-5-7-13/h3-7,11-12,14,16H,2,8-10H2,1H3. The summed E-state index contributed by atoms with van der Waals surface area (Å²) >= 11 is 1.67. The van der Waals surface area contributed by atoms with Crippen LogP contribution in [0.25, 0.3) is 0 Å². The lowest BCUT2D eigenvalue weighted by Gasteiger charge is -2.17. The van der Waals surface area contributed by atoms with Gasteiger partial charge in [-0.2, -0.15) is 0 Å². The van der Waals surface area contributed by atoms with Crippen LogP contribution in [0.1, 0.15) is 30.5 Å². The Hall–Kier alpha value is -1.19. The van der Waals surface area contributed by atoms with Crippen molar-refractivity contribution in [3.8, 4) is 0 Å². The molecule has 0 fully saturated rings. The van der Waals surface area contributed by atoms with Gasteiger partial charge in [-0.3, -0.25) is 0 Å². The average molecular weight is 260 g/mol. The van der Waals surface area contributed by atoms with Crippen molar-refractivity contribution in [1.82, 2.24) is 10.3 Å². The summed E-state index contributed by atoms with van der Waals surface area (Å²) in [6, 6.07) is 10.7. The zero-order valence-electron chi connectivity index (χ0n) is 10.8. The normalized spacial score (nSPS) is 12.5. The highest BCUT2D eigenvalue weighted by Gasteiger charge is 2.12. The largest absolute Gasteiger partial charge is 0.316 e. The van der Waals surface area contributed by atoms with E-state index < -0.39 is 0 Å². The van der Waals surface area contributed by atoms with Crippen LogP contribution in [0.5, 0.6) is 0 Å². The van der Waals surface area contributed by atoms with Gasteiger partial charge in [0.1, 0.15) is 0 Å². The maximum absolute atomic E-state index is 4.40. The first kappa shape index (κ1) is 13.2. The lowest BCUT2D eigenvalue weighted by molar-refractivity contribution is 0.573. The Bertz CT molecular complexity index is 425. The Morgan fingerprint density at radius 2 is 2.11 bits per heavy atom. The van der Waals surface area contributed by atoms with E-state index in [9.17, 15) is 0 Å². The van der Waals surface area contributed by atoms with Gasteiger partial charge in [0.25, 0.3) is 0 Å². The summed E-state index contributed by atoms with van der Waals surface area (Å²) in [6.07, 6.45) is 2.20. The molecule has 1 aromatic heterocycles. The van der Waals surface area contributed by atoms with Crippen molar-refractivity contribution in [1.29, 1.82) is 0 Å². The number of nitrogens with one attached hydrogen (secondary N) is 1. The van der Waals surface area contributed by atoms with Gasteiger partial charge in [-0.05, 0) is 24.9 Å². The van der Waals surface area contributed by atoms with Crippen LogP contribution in [0, 0.1) is 0 Å². The summed E-state index contributed by atoms with van der Waals surface area (Å²) in [7, 11) is 0. The molecule has 0 aliphatic rings. The van der Waals surface area contributed by atoms with Gasteiger partial charge in [0, 0.05) is 17.8 Å². The van der Waals surface area contributed by atoms with Crippen LogP contribution in [0.3, 0.4) is 0 Å². The number of hydrogen-bond acceptors (Lipinski definition) is 3. The van der Waals surface area contributed by atoms with Crippen molar-refractivity contribution in [2.24, 2.45) is 0 Å². The quantitative estimate of drug-likeness (QED) is 0.771. The fraction of sp³-hybridized carbons (Fsp3) is 0.400. The summed E-state index contributed by atoms with van der Waals surface area (Å²) in [4.78, 5) is 4.40. The van der Waals surface area contributed by atoms with Crippen molar-refractivity contribution in [3.05, 3.63) is 52.5 Å². The minimum Gasteiger partial charge on any atom is -0.316 e. The van der Waals surface area contributed by atoms with E-state index >= 15 is 0 Å². The fourth-order valence-electron chi connectivity index (χ4n) is 2.08. The molecule has 3 heteroatoms. The van der Waals surface area contributed by atoms with Crippen molar-refractivity contribution in [2.45, 2.75) is 25.7 Å². The van der Waals surface area contributed by atoms with Crippen LogP contribution in [0.4, 0.5) is 0 Å². The maximum atomic E-state index is 4.40. The molecule has 0 saturated heterocycles. The first-order valence-corrected chi connectivity index (χ1v) is 7.47. The molecule has 2 nitrogen and oxygen atoms in total. The number of hydrogen-bond donors (Lipinski definition) is 1. The van der Waals surface area contributed by atoms with Crippen LogP contribution in [0.15, 0.2) is 41.2 Å². The molecule has 0 radical (unpaired) electrons. The molecular weight excluding hydrogens is 240 g/mol. The van der Waals surface area contributed by atoms with Crippen molar-refractivity contribution in [2.75, 3.05) is 13.1 Å². The highest BCUT2D eigenvalue weighted by molar-refractivity contribution is 7.07. The lowest BCUT2D eigenvalue weighted by Crippen LogP contribution is -2.23. The smallest absolute Gasteiger partial charge is 0.0794 e. The zero-order chi connectivity index (χ0) is 12.6. The molecular formula is C15H20N2S. The predicted octanol–water partition coefficient (Wildman–Crippen LogP) is 3.47. The number of benzene rings is 1. The minimum atomic E-state index is 0.514. The van der Waals surface area contributed by atoms with E-state index in [-0.39, 0.29) is 0 Å². The molecule has 0 aliphatic heterocycles. The number of rotatable bonds is 7. The molecule has 2 rings (SSSR count). The second-order valence-electron chi connectivity index (χ2n) is 4.50. The van der Waals surface area contributed by atoms with Gasteiger partial charge in [0.05, 0.1) is 11.2 Å². The van der Waals surface area contributed by atoms with E-state index in [1.54, 1.807) is 11.3 Å². The summed E-state index contributed by atoms with van der Waals surface area (Å²) in [5.41, 5.74) is 4.51. The molecule has 1 atom stereocenters. The topological polar surface area (TPSA) is 24.9 Å². The lowest BCUT2D eigenvalue weighted by atomic mass is 9.94. The van der Waals surface area contributed by atoms with Gasteiger partial charge in [0.2, 0.25) is 0 Å². The van der Waals surface area contributed by atoms with Crippen molar-refractivity contribution in [3.63, 3.8) is 0 Å². The molecule has 0 amide bonds. The van der Waals surface area contributed by atoms with Gasteiger partial charge in [-0.1, -0.05) is 37.3 Å². The van der Waals surface area contributed by atoms with E-state index in [1.165, 1.54) is 17.7 Å². The van der Waals surface area contributed by atoms with Crippen molar-refractivity contribution < 1.29 is 0 Å². The molecule has 1 N–H and O–H groups in total. The van der Waals surface area contributed by atoms with Crippen molar-refractivity contribution >= 4 is 11.3 Å². The third-order valence-electron chi connectivity index (χ3n) is 3.03. The Labute approximate surface area is 113 Å². The average Bonchev–Trinajstić information content (AvgIpc) is 2.92. The highest BCUT2D eigenvalue weighted by Crippen LogP contribution is 2.20. The Balaban J connectivity index is 2.03. The third kappa shape index (κ3) is 3.93. The second kappa shape index (κ2) is 7.29. The summed E-state index contributed by atoms with van der Waals surface area (Å²) in [5.74, 6) is 0.514. The van der Waals surface area contributed by atoms with E-state index in [1.807, 2.05) is 5.51 Å². The van der Waals surface area contributed by atoms with Crippen LogP contribution >= 0.6 is 11.3 Å². The van der Waals surface area contributed by atoms with Crippen LogP contribution in [0.2, 0.25) is 0 Å². The van der Waals surface area contributed by atoms with E-state index in [4.69, 9.17) is 0 Å². The van der Waals surface area contributed by atoms with Gasteiger partial charge in [0.15, 0.2) is 0 Å². The SMILES string of the molecule is CCCNCC(Cc1cscn1)c1ccccc1. The number of thiazole rings is 1. The number of aromatic nitrogens is 1. The second-order valence-corrected chi connectivity index (χ2v) is 5.21. The van der Waals surface area contributed by atoms with E-state index in [0.717, 1.165) is 19.5 Å². The minimum absolute atomic E-state index is 0.514. The Morgan fingerprint density at radius 1 is 1.28 bits per heavy atom. The molecule has 0 aliphatic carbocycles. The van der Waals surface area contributed by atoms with Gasteiger partial charge >= 0.3 is 0 Å². The summed E-state index contributed by atoms with van der Waals surface area (Å²) < 4.78 is 0. The van der Waals surface area contributed by atoms with Crippen LogP contribution < -0.4 is 5.32 Å². The molecule has 1 unspecified atom stereocenters. The van der Waals surface area contributed by atoms with E-state index in [2.05, 4.69) is 52.9 Å². The summed E-state index contributed by atoms with van der Waals surface area (Å²) in [5, 5.41) is 5.67. The van der Waals surface area contributed by atoms with Gasteiger partial charge in [-0.25, -0.2) is 4.98 Å².